The molecule has 1 aliphatic rings. The number of aromatic nitrogens is 2. The van der Waals surface area contributed by atoms with Crippen LogP contribution in [0.3, 0.4) is 0 Å². The van der Waals surface area contributed by atoms with Gasteiger partial charge in [0.1, 0.15) is 0 Å². The van der Waals surface area contributed by atoms with Crippen molar-refractivity contribution in [1.82, 2.24) is 9.05 Å². The highest BCUT2D eigenvalue weighted by Gasteiger charge is 2.36. The van der Waals surface area contributed by atoms with Crippen molar-refractivity contribution in [3.05, 3.63) is 127 Å². The molecular weight excluding hydrogens is 459 g/mol. The molecule has 0 bridgehead atoms. The predicted octanol–water partition coefficient (Wildman–Crippen LogP) is 7.32. The Kier molecular flexibility index (Phi) is 3.84. The van der Waals surface area contributed by atoms with Crippen LogP contribution in [0.2, 0.25) is 0 Å². The summed E-state index contributed by atoms with van der Waals surface area (Å²) >= 11 is 0. The summed E-state index contributed by atoms with van der Waals surface area (Å²) in [5.74, 6) is 0. The lowest BCUT2D eigenvalue weighted by Gasteiger charge is -2.29. The Balaban J connectivity index is 1.57. The number of para-hydroxylation sites is 4. The third kappa shape index (κ3) is 2.39. The number of nitrogens with zero attached hydrogens (tertiary/aromatic N) is 2. The minimum Gasteiger partial charge on any atom is -0.376 e. The van der Waals surface area contributed by atoms with Crippen molar-refractivity contribution < 1.29 is 0 Å². The van der Waals surface area contributed by atoms with E-state index >= 15 is 0 Å². The molecule has 38 heavy (non-hydrogen) atoms. The molecule has 0 atom stereocenters. The molecule has 176 valence electrons. The van der Waals surface area contributed by atoms with E-state index in [4.69, 9.17) is 0 Å². The van der Waals surface area contributed by atoms with Gasteiger partial charge >= 0.3 is 6.85 Å². The van der Waals surface area contributed by atoms with E-state index in [1.807, 2.05) is 0 Å². The van der Waals surface area contributed by atoms with Crippen LogP contribution < -0.4 is 10.9 Å². The van der Waals surface area contributed by atoms with Crippen molar-refractivity contribution in [2.45, 2.75) is 6.92 Å². The van der Waals surface area contributed by atoms with E-state index in [1.54, 1.807) is 0 Å². The van der Waals surface area contributed by atoms with E-state index in [1.165, 1.54) is 76.6 Å². The highest BCUT2D eigenvalue weighted by Crippen LogP contribution is 2.39. The lowest BCUT2D eigenvalue weighted by molar-refractivity contribution is 1.18. The Morgan fingerprint density at radius 3 is 2.11 bits per heavy atom. The van der Waals surface area contributed by atoms with Crippen molar-refractivity contribution in [1.29, 1.82) is 0 Å². The zero-order valence-corrected chi connectivity index (χ0v) is 21.0. The average Bonchev–Trinajstić information content (AvgIpc) is 3.49. The van der Waals surface area contributed by atoms with Gasteiger partial charge in [0.15, 0.2) is 0 Å². The van der Waals surface area contributed by atoms with Gasteiger partial charge in [-0.3, -0.25) is 0 Å². The van der Waals surface area contributed by atoms with Gasteiger partial charge < -0.3 is 9.05 Å². The van der Waals surface area contributed by atoms with Crippen molar-refractivity contribution in [3.8, 4) is 5.69 Å². The van der Waals surface area contributed by atoms with Gasteiger partial charge in [-0.25, -0.2) is 0 Å². The van der Waals surface area contributed by atoms with Crippen LogP contribution in [0, 0.1) is 6.92 Å². The second-order valence-electron chi connectivity index (χ2n) is 10.6. The molecule has 0 amide bonds. The molecule has 0 N–H and O–H groups in total. The molecule has 8 aromatic rings. The first kappa shape index (κ1) is 20.3. The summed E-state index contributed by atoms with van der Waals surface area (Å²) < 4.78 is 5.13. The van der Waals surface area contributed by atoms with E-state index in [2.05, 4.69) is 137 Å². The van der Waals surface area contributed by atoms with Crippen LogP contribution in [0.5, 0.6) is 0 Å². The summed E-state index contributed by atoms with van der Waals surface area (Å²) in [6.07, 6.45) is 0. The van der Waals surface area contributed by atoms with Crippen molar-refractivity contribution in [2.75, 3.05) is 0 Å². The van der Waals surface area contributed by atoms with E-state index < -0.39 is 0 Å². The molecule has 9 rings (SSSR count). The summed E-state index contributed by atoms with van der Waals surface area (Å²) in [4.78, 5) is 0. The highest BCUT2D eigenvalue weighted by molar-refractivity contribution is 6.88. The van der Waals surface area contributed by atoms with Crippen LogP contribution in [0.1, 0.15) is 5.56 Å². The fraction of sp³-hybridized carbons (Fsp3) is 0.0286. The average molecular weight is 482 g/mol. The third-order valence-corrected chi connectivity index (χ3v) is 8.65. The first-order valence-corrected chi connectivity index (χ1v) is 13.3. The standard InChI is InChI=1S/C35H23BN2/c1-22-11-10-16-26-25-14-4-8-19-31(25)38(34(22)26)36-28-17-6-9-20-32(28)37-30-18-7-5-15-27(30)33-24-13-3-2-12-23(24)21-29(36)35(33)37/h2-21H,1H3. The van der Waals surface area contributed by atoms with Crippen molar-refractivity contribution >= 4 is 72.2 Å². The zero-order valence-electron chi connectivity index (χ0n) is 21.0. The summed E-state index contributed by atoms with van der Waals surface area (Å²) in [5.41, 5.74) is 10.5. The van der Waals surface area contributed by atoms with Crippen LogP contribution in [-0.2, 0) is 0 Å². The molecule has 0 unspecified atom stereocenters. The Bertz CT molecular complexity index is 2270. The number of rotatable bonds is 1. The van der Waals surface area contributed by atoms with Crippen LogP contribution >= 0.6 is 0 Å². The number of aryl methyl sites for hydroxylation is 1. The maximum Gasteiger partial charge on any atom is 0.332 e. The van der Waals surface area contributed by atoms with Gasteiger partial charge in [0.25, 0.3) is 0 Å². The van der Waals surface area contributed by atoms with Crippen LogP contribution in [-0.4, -0.2) is 15.9 Å². The van der Waals surface area contributed by atoms with E-state index in [9.17, 15) is 0 Å². The predicted molar refractivity (Wildman–Crippen MR) is 163 cm³/mol. The van der Waals surface area contributed by atoms with Gasteiger partial charge in [-0.2, -0.15) is 0 Å². The molecule has 3 heterocycles. The fourth-order valence-electron chi connectivity index (χ4n) is 7.20. The molecule has 6 aromatic carbocycles. The van der Waals surface area contributed by atoms with Crippen LogP contribution in [0.15, 0.2) is 121 Å². The third-order valence-electron chi connectivity index (χ3n) is 8.65. The molecule has 3 heteroatoms. The SMILES string of the molecule is Cc1cccc2c3ccccc3n(B3c4ccccc4-n4c5ccccc5c5c6ccccc6cc3c54)c12. The van der Waals surface area contributed by atoms with Gasteiger partial charge in [-0.1, -0.05) is 103 Å². The summed E-state index contributed by atoms with van der Waals surface area (Å²) in [6, 6.07) is 44.9. The van der Waals surface area contributed by atoms with Crippen molar-refractivity contribution in [2.24, 2.45) is 0 Å². The molecule has 0 spiro atoms. The number of benzene rings is 6. The lowest BCUT2D eigenvalue weighted by atomic mass is 9.48. The summed E-state index contributed by atoms with van der Waals surface area (Å²) in [5, 5.41) is 7.91. The maximum absolute atomic E-state index is 2.61. The second kappa shape index (κ2) is 7.17. The molecule has 0 saturated carbocycles. The van der Waals surface area contributed by atoms with E-state index in [0.717, 1.165) is 0 Å². The molecule has 0 radical (unpaired) electrons. The molecular formula is C35H23BN2. The van der Waals surface area contributed by atoms with Crippen LogP contribution in [0.4, 0.5) is 0 Å². The van der Waals surface area contributed by atoms with Crippen molar-refractivity contribution in [3.63, 3.8) is 0 Å². The quantitative estimate of drug-likeness (QED) is 0.217. The minimum absolute atomic E-state index is 0.0543. The first-order valence-electron chi connectivity index (χ1n) is 13.3. The van der Waals surface area contributed by atoms with E-state index in [-0.39, 0.29) is 6.85 Å². The van der Waals surface area contributed by atoms with Gasteiger partial charge in [0.2, 0.25) is 0 Å². The number of hydrogen-bond acceptors (Lipinski definition) is 0. The Morgan fingerprint density at radius 1 is 0.526 bits per heavy atom. The van der Waals surface area contributed by atoms with Gasteiger partial charge in [-0.15, -0.1) is 0 Å². The zero-order chi connectivity index (χ0) is 25.0. The minimum atomic E-state index is 0.0543. The Labute approximate surface area is 220 Å². The van der Waals surface area contributed by atoms with Gasteiger partial charge in [-0.05, 0) is 52.4 Å². The maximum atomic E-state index is 2.61. The Morgan fingerprint density at radius 2 is 1.21 bits per heavy atom. The smallest absolute Gasteiger partial charge is 0.332 e. The Hall–Kier alpha value is -4.76. The summed E-state index contributed by atoms with van der Waals surface area (Å²) in [7, 11) is 0. The summed E-state index contributed by atoms with van der Waals surface area (Å²) in [6.45, 7) is 2.30. The second-order valence-corrected chi connectivity index (χ2v) is 10.6. The number of hydrogen-bond donors (Lipinski definition) is 0. The van der Waals surface area contributed by atoms with E-state index in [0.29, 0.717) is 0 Å². The monoisotopic (exact) mass is 482 g/mol. The number of fused-ring (bicyclic) bond motifs is 10. The molecule has 0 saturated heterocycles. The molecule has 2 nitrogen and oxygen atoms in total. The van der Waals surface area contributed by atoms with Gasteiger partial charge in [0.05, 0.1) is 11.0 Å². The van der Waals surface area contributed by atoms with Gasteiger partial charge in [0, 0.05) is 38.3 Å². The molecule has 2 aromatic heterocycles. The molecule has 0 aliphatic carbocycles. The topological polar surface area (TPSA) is 9.86 Å². The normalized spacial score (nSPS) is 12.8. The fourth-order valence-corrected chi connectivity index (χ4v) is 7.20. The lowest BCUT2D eigenvalue weighted by Crippen LogP contribution is -2.53. The first-order chi connectivity index (χ1) is 18.8. The molecule has 1 aliphatic heterocycles. The molecule has 0 fully saturated rings. The highest BCUT2D eigenvalue weighted by atomic mass is 15.0. The van der Waals surface area contributed by atoms with Crippen LogP contribution in [0.25, 0.3) is 60.1 Å². The largest absolute Gasteiger partial charge is 0.376 e.